The molecule has 0 spiro atoms. The molecule has 6 heteroatoms. The quantitative estimate of drug-likeness (QED) is 0.721. The van der Waals surface area contributed by atoms with Crippen LogP contribution in [0.3, 0.4) is 0 Å². The molecule has 1 atom stereocenters. The summed E-state index contributed by atoms with van der Waals surface area (Å²) in [7, 11) is 1.45. The largest absolute Gasteiger partial charge is 0.364 e. The van der Waals surface area contributed by atoms with Crippen molar-refractivity contribution in [1.29, 1.82) is 0 Å². The van der Waals surface area contributed by atoms with Crippen LogP contribution in [0, 0.1) is 0 Å². The van der Waals surface area contributed by atoms with E-state index in [9.17, 15) is 4.79 Å². The monoisotopic (exact) mass is 201 g/mol. The number of nitrogens with two attached hydrogens (primary N) is 1. The SMILES string of the molecule is COC(Cl)c1ccc(C(N)=O)nn1. The van der Waals surface area contributed by atoms with Gasteiger partial charge in [0, 0.05) is 7.11 Å². The number of rotatable bonds is 3. The highest BCUT2D eigenvalue weighted by atomic mass is 35.5. The fraction of sp³-hybridized carbons (Fsp3) is 0.286. The fourth-order valence-corrected chi connectivity index (χ4v) is 0.832. The molecule has 13 heavy (non-hydrogen) atoms. The number of hydrogen-bond donors (Lipinski definition) is 1. The number of carbonyl (C=O) groups is 1. The van der Waals surface area contributed by atoms with Crippen LogP contribution >= 0.6 is 11.6 Å². The molecule has 1 unspecified atom stereocenters. The molecule has 1 aromatic heterocycles. The van der Waals surface area contributed by atoms with Gasteiger partial charge < -0.3 is 10.5 Å². The van der Waals surface area contributed by atoms with Crippen molar-refractivity contribution >= 4 is 17.5 Å². The number of carbonyl (C=O) groups excluding carboxylic acids is 1. The summed E-state index contributed by atoms with van der Waals surface area (Å²) >= 11 is 5.68. The van der Waals surface area contributed by atoms with Crippen LogP contribution in [0.4, 0.5) is 0 Å². The lowest BCUT2D eigenvalue weighted by Crippen LogP contribution is -2.14. The van der Waals surface area contributed by atoms with Gasteiger partial charge >= 0.3 is 0 Å². The maximum Gasteiger partial charge on any atom is 0.269 e. The van der Waals surface area contributed by atoms with Crippen LogP contribution in [-0.4, -0.2) is 23.2 Å². The molecule has 0 aromatic carbocycles. The minimum atomic E-state index is -0.658. The van der Waals surface area contributed by atoms with E-state index in [2.05, 4.69) is 10.2 Å². The van der Waals surface area contributed by atoms with E-state index in [-0.39, 0.29) is 5.69 Å². The molecule has 5 nitrogen and oxygen atoms in total. The summed E-state index contributed by atoms with van der Waals surface area (Å²) in [5.74, 6) is -0.623. The van der Waals surface area contributed by atoms with Crippen molar-refractivity contribution in [1.82, 2.24) is 10.2 Å². The van der Waals surface area contributed by atoms with Gasteiger partial charge in [-0.3, -0.25) is 4.79 Å². The van der Waals surface area contributed by atoms with E-state index >= 15 is 0 Å². The van der Waals surface area contributed by atoms with Crippen LogP contribution in [0.1, 0.15) is 21.7 Å². The van der Waals surface area contributed by atoms with Crippen LogP contribution in [0.25, 0.3) is 0 Å². The highest BCUT2D eigenvalue weighted by molar-refractivity contribution is 6.19. The first kappa shape index (κ1) is 9.88. The van der Waals surface area contributed by atoms with Gasteiger partial charge in [0.25, 0.3) is 5.91 Å². The molecule has 0 fully saturated rings. The maximum absolute atomic E-state index is 10.6. The van der Waals surface area contributed by atoms with Crippen molar-refractivity contribution in [2.45, 2.75) is 5.56 Å². The molecule has 0 aliphatic rings. The van der Waals surface area contributed by atoms with Crippen molar-refractivity contribution in [3.63, 3.8) is 0 Å². The zero-order valence-corrected chi connectivity index (χ0v) is 7.65. The normalized spacial score (nSPS) is 12.5. The summed E-state index contributed by atoms with van der Waals surface area (Å²) < 4.78 is 4.78. The second-order valence-corrected chi connectivity index (χ2v) is 2.66. The predicted molar refractivity (Wildman–Crippen MR) is 46.2 cm³/mol. The zero-order chi connectivity index (χ0) is 9.84. The third-order valence-electron chi connectivity index (χ3n) is 1.38. The third kappa shape index (κ3) is 2.37. The van der Waals surface area contributed by atoms with Gasteiger partial charge in [0.2, 0.25) is 0 Å². The number of methoxy groups -OCH3 is 1. The Balaban J connectivity index is 2.87. The van der Waals surface area contributed by atoms with Gasteiger partial charge in [-0.25, -0.2) is 0 Å². The standard InChI is InChI=1S/C7H8ClN3O2/c1-13-6(8)4-2-3-5(7(9)12)11-10-4/h2-3,6H,1H3,(H2,9,12). The van der Waals surface area contributed by atoms with Gasteiger partial charge in [-0.1, -0.05) is 11.6 Å². The Bertz CT molecular complexity index is 301. The van der Waals surface area contributed by atoms with E-state index < -0.39 is 11.5 Å². The van der Waals surface area contributed by atoms with Gasteiger partial charge in [-0.05, 0) is 12.1 Å². The Morgan fingerprint density at radius 2 is 2.31 bits per heavy atom. The Kier molecular flexibility index (Phi) is 3.16. The zero-order valence-electron chi connectivity index (χ0n) is 6.90. The van der Waals surface area contributed by atoms with Crippen molar-refractivity contribution < 1.29 is 9.53 Å². The molecule has 0 saturated carbocycles. The average Bonchev–Trinajstić information content (AvgIpc) is 2.17. The van der Waals surface area contributed by atoms with Gasteiger partial charge in [-0.15, -0.1) is 5.10 Å². The number of nitrogens with zero attached hydrogens (tertiary/aromatic N) is 2. The van der Waals surface area contributed by atoms with Crippen LogP contribution in [0.5, 0.6) is 0 Å². The van der Waals surface area contributed by atoms with Gasteiger partial charge in [0.1, 0.15) is 5.69 Å². The molecule has 70 valence electrons. The van der Waals surface area contributed by atoms with E-state index in [1.807, 2.05) is 0 Å². The predicted octanol–water partition coefficient (Wildman–Crippen LogP) is 0.459. The van der Waals surface area contributed by atoms with E-state index in [0.717, 1.165) is 0 Å². The molecule has 0 aliphatic heterocycles. The van der Waals surface area contributed by atoms with Gasteiger partial charge in [0.05, 0.1) is 0 Å². The number of alkyl halides is 1. The lowest BCUT2D eigenvalue weighted by Gasteiger charge is -2.04. The van der Waals surface area contributed by atoms with Crippen LogP contribution in [-0.2, 0) is 4.74 Å². The Morgan fingerprint density at radius 3 is 2.69 bits per heavy atom. The molecular weight excluding hydrogens is 194 g/mol. The minimum Gasteiger partial charge on any atom is -0.364 e. The Labute approximate surface area is 79.9 Å². The topological polar surface area (TPSA) is 78.1 Å². The summed E-state index contributed by atoms with van der Waals surface area (Å²) in [4.78, 5) is 10.6. The first-order valence-electron chi connectivity index (χ1n) is 3.45. The lowest BCUT2D eigenvalue weighted by atomic mass is 10.3. The molecule has 0 saturated heterocycles. The molecule has 1 amide bonds. The summed E-state index contributed by atoms with van der Waals surface area (Å²) in [6.07, 6.45) is 0. The van der Waals surface area contributed by atoms with E-state index in [0.29, 0.717) is 5.69 Å². The second-order valence-electron chi connectivity index (χ2n) is 2.26. The molecule has 0 radical (unpaired) electrons. The Hall–Kier alpha value is -1.20. The number of primary amides is 1. The van der Waals surface area contributed by atoms with E-state index in [1.165, 1.54) is 19.2 Å². The molecule has 0 bridgehead atoms. The number of hydrogen-bond acceptors (Lipinski definition) is 4. The minimum absolute atomic E-state index is 0.101. The molecule has 1 aromatic rings. The number of ether oxygens (including phenoxy) is 1. The molecule has 0 aliphatic carbocycles. The van der Waals surface area contributed by atoms with Crippen LogP contribution in [0.15, 0.2) is 12.1 Å². The van der Waals surface area contributed by atoms with E-state index in [1.54, 1.807) is 0 Å². The Morgan fingerprint density at radius 1 is 1.62 bits per heavy atom. The number of halogens is 1. The van der Waals surface area contributed by atoms with Crippen molar-refractivity contribution in [3.05, 3.63) is 23.5 Å². The molecule has 1 heterocycles. The smallest absolute Gasteiger partial charge is 0.269 e. The first-order chi connectivity index (χ1) is 6.15. The maximum atomic E-state index is 10.6. The lowest BCUT2D eigenvalue weighted by molar-refractivity contribution is 0.0994. The number of amides is 1. The highest BCUT2D eigenvalue weighted by Crippen LogP contribution is 2.17. The van der Waals surface area contributed by atoms with Crippen molar-refractivity contribution in [2.75, 3.05) is 7.11 Å². The van der Waals surface area contributed by atoms with Crippen molar-refractivity contribution in [3.8, 4) is 0 Å². The summed E-state index contributed by atoms with van der Waals surface area (Å²) in [5, 5.41) is 7.22. The van der Waals surface area contributed by atoms with Gasteiger partial charge in [-0.2, -0.15) is 5.10 Å². The summed E-state index contributed by atoms with van der Waals surface area (Å²) in [6.45, 7) is 0. The van der Waals surface area contributed by atoms with Crippen molar-refractivity contribution in [2.24, 2.45) is 5.73 Å². The molecule has 1 rings (SSSR count). The van der Waals surface area contributed by atoms with Crippen LogP contribution in [0.2, 0.25) is 0 Å². The second kappa shape index (κ2) is 4.15. The molecular formula is C7H8ClN3O2. The van der Waals surface area contributed by atoms with Gasteiger partial charge in [0.15, 0.2) is 11.3 Å². The highest BCUT2D eigenvalue weighted by Gasteiger charge is 2.09. The third-order valence-corrected chi connectivity index (χ3v) is 1.78. The average molecular weight is 202 g/mol. The summed E-state index contributed by atoms with van der Waals surface area (Å²) in [5.41, 5.74) is 4.85. The molecule has 2 N–H and O–H groups in total. The van der Waals surface area contributed by atoms with E-state index in [4.69, 9.17) is 22.1 Å². The fourth-order valence-electron chi connectivity index (χ4n) is 0.716. The summed E-state index contributed by atoms with van der Waals surface area (Å²) in [6, 6.07) is 2.98. The number of aromatic nitrogens is 2. The van der Waals surface area contributed by atoms with Crippen LogP contribution < -0.4 is 5.73 Å². The first-order valence-corrected chi connectivity index (χ1v) is 3.89.